The molecule has 2 unspecified atom stereocenters. The molecule has 0 heterocycles. The molecule has 2 heteroatoms. The molecule has 2 N–H and O–H groups in total. The summed E-state index contributed by atoms with van der Waals surface area (Å²) in [5, 5.41) is 0. The molecule has 1 aliphatic rings. The van der Waals surface area contributed by atoms with Crippen molar-refractivity contribution in [1.29, 1.82) is 0 Å². The van der Waals surface area contributed by atoms with Crippen LogP contribution < -0.4 is 5.73 Å². The number of hydrogen-bond donors (Lipinski definition) is 1. The van der Waals surface area contributed by atoms with E-state index in [0.29, 0.717) is 6.42 Å². The predicted molar refractivity (Wildman–Crippen MR) is 77.0 cm³/mol. The molecule has 0 spiro atoms. The van der Waals surface area contributed by atoms with Gasteiger partial charge in [0.25, 0.3) is 0 Å². The van der Waals surface area contributed by atoms with Gasteiger partial charge >= 0.3 is 0 Å². The Labute approximate surface area is 111 Å². The molecule has 0 saturated heterocycles. The van der Waals surface area contributed by atoms with Crippen molar-refractivity contribution in [1.82, 2.24) is 0 Å². The monoisotopic (exact) mass is 253 g/mol. The van der Waals surface area contributed by atoms with Crippen LogP contribution >= 0.6 is 0 Å². The quantitative estimate of drug-likeness (QED) is 0.514. The van der Waals surface area contributed by atoms with Crippen molar-refractivity contribution in [2.75, 3.05) is 0 Å². The van der Waals surface area contributed by atoms with E-state index in [9.17, 15) is 4.39 Å². The van der Waals surface area contributed by atoms with Gasteiger partial charge in [0.05, 0.1) is 0 Å². The smallest absolute Gasteiger partial charge is 0.149 e. The average molecular weight is 253 g/mol. The summed E-state index contributed by atoms with van der Waals surface area (Å²) in [5.74, 6) is 1.08. The Bertz CT molecular complexity index is 287. The summed E-state index contributed by atoms with van der Waals surface area (Å²) in [5.41, 5.74) is 7.68. The summed E-state index contributed by atoms with van der Waals surface area (Å²) in [6, 6.07) is 0. The molecule has 0 aromatic rings. The van der Waals surface area contributed by atoms with Crippen molar-refractivity contribution in [2.45, 2.75) is 65.1 Å². The second-order valence-electron chi connectivity index (χ2n) is 5.76. The number of allylic oxidation sites excluding steroid dienone is 3. The largest absolute Gasteiger partial charge is 0.302 e. The molecule has 1 rings (SSSR count). The number of halogens is 1. The maximum Gasteiger partial charge on any atom is 0.149 e. The topological polar surface area (TPSA) is 26.0 Å². The summed E-state index contributed by atoms with van der Waals surface area (Å²) in [6.07, 6.45) is 8.86. The van der Waals surface area contributed by atoms with Crippen LogP contribution in [0.15, 0.2) is 23.8 Å². The first-order valence-corrected chi connectivity index (χ1v) is 7.28. The Morgan fingerprint density at radius 1 is 1.44 bits per heavy atom. The van der Waals surface area contributed by atoms with Crippen molar-refractivity contribution < 1.29 is 4.39 Å². The number of hydrogen-bond acceptors (Lipinski definition) is 1. The Morgan fingerprint density at radius 3 is 2.56 bits per heavy atom. The normalized spacial score (nSPS) is 21.0. The molecule has 18 heavy (non-hydrogen) atoms. The van der Waals surface area contributed by atoms with E-state index in [1.165, 1.54) is 36.8 Å². The highest BCUT2D eigenvalue weighted by atomic mass is 19.1. The first kappa shape index (κ1) is 15.4. The molecular weight excluding hydrogens is 225 g/mol. The molecule has 0 bridgehead atoms. The van der Waals surface area contributed by atoms with Gasteiger partial charge in [-0.1, -0.05) is 56.4 Å². The minimum atomic E-state index is -1.21. The highest BCUT2D eigenvalue weighted by Crippen LogP contribution is 2.31. The fraction of sp³-hybridized carbons (Fsp3) is 0.750. The van der Waals surface area contributed by atoms with Gasteiger partial charge in [0.15, 0.2) is 0 Å². The van der Waals surface area contributed by atoms with Crippen molar-refractivity contribution in [3.05, 3.63) is 23.8 Å². The van der Waals surface area contributed by atoms with Crippen molar-refractivity contribution in [2.24, 2.45) is 17.6 Å². The lowest BCUT2D eigenvalue weighted by molar-refractivity contribution is 0.287. The molecule has 1 aliphatic carbocycles. The molecule has 1 fully saturated rings. The van der Waals surface area contributed by atoms with Crippen LogP contribution in [0.25, 0.3) is 0 Å². The Morgan fingerprint density at radius 2 is 2.06 bits per heavy atom. The fourth-order valence-corrected chi connectivity index (χ4v) is 3.03. The zero-order valence-corrected chi connectivity index (χ0v) is 11.9. The third-order valence-corrected chi connectivity index (χ3v) is 4.10. The van der Waals surface area contributed by atoms with E-state index in [4.69, 9.17) is 5.73 Å². The lowest BCUT2D eigenvalue weighted by Crippen LogP contribution is -2.18. The average Bonchev–Trinajstić information content (AvgIpc) is 2.77. The molecule has 1 nitrogen and oxygen atoms in total. The van der Waals surface area contributed by atoms with Crippen molar-refractivity contribution in [3.63, 3.8) is 0 Å². The van der Waals surface area contributed by atoms with Gasteiger partial charge in [-0.2, -0.15) is 0 Å². The third kappa shape index (κ3) is 5.34. The Balaban J connectivity index is 2.48. The van der Waals surface area contributed by atoms with E-state index in [0.717, 1.165) is 18.8 Å². The molecule has 0 aliphatic heterocycles. The zero-order chi connectivity index (χ0) is 13.5. The van der Waals surface area contributed by atoms with E-state index < -0.39 is 6.30 Å². The molecule has 1 saturated carbocycles. The van der Waals surface area contributed by atoms with Crippen molar-refractivity contribution >= 4 is 0 Å². The van der Waals surface area contributed by atoms with Crippen LogP contribution in [0.4, 0.5) is 4.39 Å². The minimum Gasteiger partial charge on any atom is -0.302 e. The zero-order valence-electron chi connectivity index (χ0n) is 11.9. The van der Waals surface area contributed by atoms with Crippen molar-refractivity contribution in [3.8, 4) is 0 Å². The Hall–Kier alpha value is -0.630. The highest BCUT2D eigenvalue weighted by Gasteiger charge is 2.16. The summed E-state index contributed by atoms with van der Waals surface area (Å²) in [7, 11) is 0. The lowest BCUT2D eigenvalue weighted by Gasteiger charge is -2.17. The number of alkyl halides is 1. The van der Waals surface area contributed by atoms with E-state index in [2.05, 4.69) is 26.5 Å². The van der Waals surface area contributed by atoms with E-state index in [1.54, 1.807) is 0 Å². The fourth-order valence-electron chi connectivity index (χ4n) is 3.03. The second kappa shape index (κ2) is 7.73. The first-order chi connectivity index (χ1) is 8.52. The van der Waals surface area contributed by atoms with Gasteiger partial charge in [-0.05, 0) is 38.0 Å². The molecule has 0 amide bonds. The Kier molecular flexibility index (Phi) is 6.62. The van der Waals surface area contributed by atoms with Crippen LogP contribution in [0.3, 0.4) is 0 Å². The molecule has 2 atom stereocenters. The first-order valence-electron chi connectivity index (χ1n) is 7.28. The lowest BCUT2D eigenvalue weighted by atomic mass is 9.90. The molecule has 0 aromatic carbocycles. The van der Waals surface area contributed by atoms with Gasteiger partial charge in [0.1, 0.15) is 6.30 Å². The predicted octanol–water partition coefficient (Wildman–Crippen LogP) is 4.74. The van der Waals surface area contributed by atoms with Crippen LogP contribution in [0.5, 0.6) is 0 Å². The van der Waals surface area contributed by atoms with Gasteiger partial charge in [0.2, 0.25) is 0 Å². The van der Waals surface area contributed by atoms with E-state index >= 15 is 0 Å². The highest BCUT2D eigenvalue weighted by molar-refractivity contribution is 5.21. The standard InChI is InChI=1S/C16H28FN/c1-4-15(11-16(17)18)13(3)9-12(2)10-14-7-5-6-8-14/h9,14-16H,2,4-8,10-11,18H2,1,3H3/b13-9+. The number of nitrogens with two attached hydrogens (primary N) is 1. The number of rotatable bonds is 7. The van der Waals surface area contributed by atoms with Gasteiger partial charge in [-0.3, -0.25) is 0 Å². The maximum absolute atomic E-state index is 12.9. The molecule has 0 aromatic heterocycles. The van der Waals surface area contributed by atoms with Crippen LogP contribution in [-0.2, 0) is 0 Å². The van der Waals surface area contributed by atoms with E-state index in [1.807, 2.05) is 0 Å². The molecule has 0 radical (unpaired) electrons. The van der Waals surface area contributed by atoms with Gasteiger partial charge in [-0.25, -0.2) is 4.39 Å². The van der Waals surface area contributed by atoms with E-state index in [-0.39, 0.29) is 5.92 Å². The SMILES string of the molecule is C=C(/C=C(\C)C(CC)CC(N)F)CC1CCCC1. The second-order valence-corrected chi connectivity index (χ2v) is 5.76. The van der Waals surface area contributed by atoms with Gasteiger partial charge < -0.3 is 5.73 Å². The maximum atomic E-state index is 12.9. The summed E-state index contributed by atoms with van der Waals surface area (Å²) in [4.78, 5) is 0. The van der Waals surface area contributed by atoms with Crippen LogP contribution in [0, 0.1) is 11.8 Å². The summed E-state index contributed by atoms with van der Waals surface area (Å²) < 4.78 is 12.9. The summed E-state index contributed by atoms with van der Waals surface area (Å²) >= 11 is 0. The van der Waals surface area contributed by atoms with Crippen LogP contribution in [0.2, 0.25) is 0 Å². The van der Waals surface area contributed by atoms with Gasteiger partial charge in [0, 0.05) is 0 Å². The van der Waals surface area contributed by atoms with Crippen LogP contribution in [-0.4, -0.2) is 6.30 Å². The third-order valence-electron chi connectivity index (χ3n) is 4.10. The van der Waals surface area contributed by atoms with Gasteiger partial charge in [-0.15, -0.1) is 0 Å². The molecular formula is C16H28FN. The van der Waals surface area contributed by atoms with Crippen LogP contribution in [0.1, 0.15) is 58.8 Å². The molecule has 104 valence electrons. The minimum absolute atomic E-state index is 0.255. The summed E-state index contributed by atoms with van der Waals surface area (Å²) in [6.45, 7) is 8.32.